The van der Waals surface area contributed by atoms with Crippen molar-refractivity contribution in [1.82, 2.24) is 0 Å². The Morgan fingerprint density at radius 1 is 1.00 bits per heavy atom. The molecular weight excluding hydrogens is 310 g/mol. The van der Waals surface area contributed by atoms with Gasteiger partial charge in [0.1, 0.15) is 18.3 Å². The average Bonchev–Trinajstić information content (AvgIpc) is 2.47. The molecule has 0 aromatic heterocycles. The Bertz CT molecular complexity index is 355. The van der Waals surface area contributed by atoms with Gasteiger partial charge in [-0.25, -0.2) is 9.59 Å². The number of carbonyl (C=O) groups is 2. The van der Waals surface area contributed by atoms with E-state index in [1.165, 1.54) is 0 Å². The van der Waals surface area contributed by atoms with Gasteiger partial charge in [0.25, 0.3) is 0 Å². The molecule has 10 N–H and O–H groups in total. The lowest BCUT2D eigenvalue weighted by atomic mass is 9.98. The molecule has 0 aliphatic carbocycles. The Balaban J connectivity index is 0.000000409. The molecular formula is C10H19NO11. The van der Waals surface area contributed by atoms with E-state index in [0.717, 1.165) is 0 Å². The number of rotatable bonds is 4. The SMILES string of the molecule is N[C@H]1C(O)O[C@H](CO)[C@@H](O)[C@@H]1O.O=C(O)C(O)C(O)C(=O)O. The molecule has 1 aliphatic rings. The Hall–Kier alpha value is -1.38. The van der Waals surface area contributed by atoms with Crippen LogP contribution in [0.1, 0.15) is 0 Å². The first-order chi connectivity index (χ1) is 10.0. The van der Waals surface area contributed by atoms with Gasteiger partial charge in [0.2, 0.25) is 0 Å². The van der Waals surface area contributed by atoms with Gasteiger partial charge in [-0.3, -0.25) is 0 Å². The smallest absolute Gasteiger partial charge is 0.335 e. The average molecular weight is 329 g/mol. The standard InChI is InChI=1S/C6H13NO5.C4H6O6/c7-3-5(10)4(9)2(1-8)12-6(3)11;5-1(3(7)8)2(6)4(9)10/h2-6,8-11H,1,7H2;1-2,5-6H,(H,7,8)(H,9,10)/t2-,3-,4-,5-,6?;/m1./s1. The normalized spacial score (nSPS) is 34.0. The van der Waals surface area contributed by atoms with E-state index in [4.69, 9.17) is 41.1 Å². The highest BCUT2D eigenvalue weighted by Crippen LogP contribution is 2.17. The largest absolute Gasteiger partial charge is 0.479 e. The predicted octanol–water partition coefficient (Wildman–Crippen LogP) is -5.38. The molecule has 1 aliphatic heterocycles. The van der Waals surface area contributed by atoms with Gasteiger partial charge in [0, 0.05) is 0 Å². The van der Waals surface area contributed by atoms with Crippen LogP contribution >= 0.6 is 0 Å². The Kier molecular flexibility index (Phi) is 8.36. The van der Waals surface area contributed by atoms with Crippen molar-refractivity contribution in [2.75, 3.05) is 6.61 Å². The van der Waals surface area contributed by atoms with Crippen molar-refractivity contribution in [3.8, 4) is 0 Å². The summed E-state index contributed by atoms with van der Waals surface area (Å²) in [7, 11) is 0. The van der Waals surface area contributed by atoms with Gasteiger partial charge < -0.3 is 51.3 Å². The Morgan fingerprint density at radius 2 is 1.41 bits per heavy atom. The van der Waals surface area contributed by atoms with Crippen LogP contribution in [0.25, 0.3) is 0 Å². The van der Waals surface area contributed by atoms with Crippen molar-refractivity contribution >= 4 is 11.9 Å². The lowest BCUT2D eigenvalue weighted by molar-refractivity contribution is -0.248. The molecule has 0 aromatic rings. The second-order valence-corrected chi connectivity index (χ2v) is 4.37. The number of ether oxygens (including phenoxy) is 1. The predicted molar refractivity (Wildman–Crippen MR) is 65.2 cm³/mol. The molecule has 0 bridgehead atoms. The van der Waals surface area contributed by atoms with Gasteiger partial charge in [-0.05, 0) is 0 Å². The number of aliphatic hydroxyl groups is 6. The van der Waals surface area contributed by atoms with Crippen LogP contribution in [0, 0.1) is 0 Å². The first-order valence-corrected chi connectivity index (χ1v) is 5.92. The topological polar surface area (TPSA) is 231 Å². The molecule has 1 rings (SSSR count). The molecule has 0 saturated carbocycles. The summed E-state index contributed by atoms with van der Waals surface area (Å²) in [5.74, 6) is -3.54. The van der Waals surface area contributed by atoms with Gasteiger partial charge in [-0.2, -0.15) is 0 Å². The number of aliphatic carboxylic acids is 2. The van der Waals surface area contributed by atoms with Crippen LogP contribution in [0.4, 0.5) is 0 Å². The zero-order valence-corrected chi connectivity index (χ0v) is 11.1. The molecule has 1 heterocycles. The molecule has 7 atom stereocenters. The number of aliphatic hydroxyl groups excluding tert-OH is 6. The molecule has 12 heteroatoms. The van der Waals surface area contributed by atoms with E-state index in [-0.39, 0.29) is 0 Å². The molecule has 3 unspecified atom stereocenters. The minimum atomic E-state index is -2.27. The highest BCUT2D eigenvalue weighted by molar-refractivity contribution is 5.83. The summed E-state index contributed by atoms with van der Waals surface area (Å²) >= 11 is 0. The molecule has 0 radical (unpaired) electrons. The maximum absolute atomic E-state index is 9.77. The zero-order valence-electron chi connectivity index (χ0n) is 11.1. The summed E-state index contributed by atoms with van der Waals surface area (Å²) in [5.41, 5.74) is 5.26. The van der Waals surface area contributed by atoms with Crippen LogP contribution in [-0.2, 0) is 14.3 Å². The van der Waals surface area contributed by atoms with E-state index in [1.54, 1.807) is 0 Å². The number of nitrogens with two attached hydrogens (primary N) is 1. The van der Waals surface area contributed by atoms with Crippen LogP contribution in [0.3, 0.4) is 0 Å². The van der Waals surface area contributed by atoms with Crippen molar-refractivity contribution in [2.45, 2.75) is 42.9 Å². The second kappa shape index (κ2) is 8.92. The van der Waals surface area contributed by atoms with Crippen LogP contribution in [0.15, 0.2) is 0 Å². The van der Waals surface area contributed by atoms with E-state index in [0.29, 0.717) is 0 Å². The summed E-state index contributed by atoms with van der Waals surface area (Å²) in [6, 6.07) is -1.04. The van der Waals surface area contributed by atoms with Crippen molar-refractivity contribution in [3.05, 3.63) is 0 Å². The quantitative estimate of drug-likeness (QED) is 0.235. The fraction of sp³-hybridized carbons (Fsp3) is 0.800. The maximum Gasteiger partial charge on any atom is 0.335 e. The Labute approximate surface area is 123 Å². The van der Waals surface area contributed by atoms with Gasteiger partial charge in [-0.15, -0.1) is 0 Å². The molecule has 0 aromatic carbocycles. The zero-order chi connectivity index (χ0) is 17.6. The third kappa shape index (κ3) is 5.43. The van der Waals surface area contributed by atoms with E-state index in [1.807, 2.05) is 0 Å². The van der Waals surface area contributed by atoms with Crippen molar-refractivity contribution in [3.63, 3.8) is 0 Å². The van der Waals surface area contributed by atoms with Crippen molar-refractivity contribution in [2.24, 2.45) is 5.73 Å². The highest BCUT2D eigenvalue weighted by Gasteiger charge is 2.41. The van der Waals surface area contributed by atoms with Gasteiger partial charge >= 0.3 is 11.9 Å². The fourth-order valence-electron chi connectivity index (χ4n) is 1.39. The monoisotopic (exact) mass is 329 g/mol. The summed E-state index contributed by atoms with van der Waals surface area (Å²) in [4.78, 5) is 19.5. The number of hydrogen-bond acceptors (Lipinski definition) is 10. The second-order valence-electron chi connectivity index (χ2n) is 4.37. The van der Waals surface area contributed by atoms with Crippen LogP contribution < -0.4 is 5.73 Å². The van der Waals surface area contributed by atoms with E-state index in [9.17, 15) is 19.8 Å². The number of carboxylic acids is 2. The summed E-state index contributed by atoms with van der Waals surface area (Å²) < 4.78 is 4.70. The molecule has 22 heavy (non-hydrogen) atoms. The third-order valence-corrected chi connectivity index (χ3v) is 2.75. The van der Waals surface area contributed by atoms with Gasteiger partial charge in [-0.1, -0.05) is 0 Å². The van der Waals surface area contributed by atoms with Crippen LogP contribution in [-0.4, -0.2) is 102 Å². The van der Waals surface area contributed by atoms with Crippen LogP contribution in [0.2, 0.25) is 0 Å². The minimum Gasteiger partial charge on any atom is -0.479 e. The van der Waals surface area contributed by atoms with Crippen molar-refractivity contribution < 1.29 is 55.2 Å². The molecule has 1 fully saturated rings. The van der Waals surface area contributed by atoms with Gasteiger partial charge in [0.05, 0.1) is 12.6 Å². The fourth-order valence-corrected chi connectivity index (χ4v) is 1.39. The maximum atomic E-state index is 9.77. The van der Waals surface area contributed by atoms with Gasteiger partial charge in [0.15, 0.2) is 18.5 Å². The number of hydrogen-bond donors (Lipinski definition) is 9. The molecule has 1 saturated heterocycles. The first-order valence-electron chi connectivity index (χ1n) is 5.92. The van der Waals surface area contributed by atoms with E-state index in [2.05, 4.69) is 0 Å². The third-order valence-electron chi connectivity index (χ3n) is 2.75. The van der Waals surface area contributed by atoms with Crippen LogP contribution in [0.5, 0.6) is 0 Å². The number of carboxylic acid groups (broad SMARTS) is 2. The summed E-state index contributed by atoms with van der Waals surface area (Å²) in [6.07, 6.45) is -9.38. The summed E-state index contributed by atoms with van der Waals surface area (Å²) in [5, 5.41) is 68.6. The lowest BCUT2D eigenvalue weighted by Crippen LogP contribution is -2.61. The first kappa shape index (κ1) is 20.6. The highest BCUT2D eigenvalue weighted by atomic mass is 16.6. The van der Waals surface area contributed by atoms with Crippen molar-refractivity contribution in [1.29, 1.82) is 0 Å². The Morgan fingerprint density at radius 3 is 1.73 bits per heavy atom. The molecule has 130 valence electrons. The molecule has 0 spiro atoms. The van der Waals surface area contributed by atoms with E-state index < -0.39 is 61.4 Å². The summed E-state index contributed by atoms with van der Waals surface area (Å²) in [6.45, 7) is -0.470. The van der Waals surface area contributed by atoms with E-state index >= 15 is 0 Å². The minimum absolute atomic E-state index is 0.470. The molecule has 12 nitrogen and oxygen atoms in total. The molecule has 0 amide bonds. The lowest BCUT2D eigenvalue weighted by Gasteiger charge is -2.38.